The first-order valence-corrected chi connectivity index (χ1v) is 22.0. The van der Waals surface area contributed by atoms with Crippen LogP contribution in [0.3, 0.4) is 0 Å². The molecule has 0 spiro atoms. The maximum absolute atomic E-state index is 7.22. The molecule has 14 rings (SSSR count). The zero-order chi connectivity index (χ0) is 41.2. The summed E-state index contributed by atoms with van der Waals surface area (Å²) in [6.45, 7) is 0. The summed E-state index contributed by atoms with van der Waals surface area (Å²) in [6.07, 6.45) is 0. The van der Waals surface area contributed by atoms with Crippen molar-refractivity contribution >= 4 is 108 Å². The van der Waals surface area contributed by atoms with E-state index in [0.717, 1.165) is 76.9 Å². The average Bonchev–Trinajstić information content (AvgIpc) is 4.02. The van der Waals surface area contributed by atoms with Crippen molar-refractivity contribution in [2.24, 2.45) is 0 Å². The van der Waals surface area contributed by atoms with Gasteiger partial charge in [0, 0.05) is 52.8 Å². The van der Waals surface area contributed by atoms with Crippen LogP contribution in [0.1, 0.15) is 0 Å². The van der Waals surface area contributed by atoms with E-state index in [1.807, 2.05) is 0 Å². The van der Waals surface area contributed by atoms with Crippen LogP contribution < -0.4 is 0 Å². The Morgan fingerprint density at radius 3 is 1.83 bits per heavy atom. The average molecular weight is 821 g/mol. The Morgan fingerprint density at radius 1 is 0.365 bits per heavy atom. The zero-order valence-electron chi connectivity index (χ0n) is 33.6. The van der Waals surface area contributed by atoms with Gasteiger partial charge in [0.25, 0.3) is 0 Å². The second kappa shape index (κ2) is 13.2. The molecule has 0 aliphatic carbocycles. The molecule has 10 aromatic carbocycles. The van der Waals surface area contributed by atoms with Crippen LogP contribution in [0.4, 0.5) is 0 Å². The fourth-order valence-corrected chi connectivity index (χ4v) is 10.9. The van der Waals surface area contributed by atoms with Gasteiger partial charge in [0.05, 0.1) is 27.7 Å². The number of fused-ring (bicyclic) bond motifs is 13. The molecule has 0 N–H and O–H groups in total. The van der Waals surface area contributed by atoms with Gasteiger partial charge in [0.1, 0.15) is 11.2 Å². The highest BCUT2D eigenvalue weighted by Crippen LogP contribution is 2.45. The summed E-state index contributed by atoms with van der Waals surface area (Å²) in [5.41, 5.74) is 7.50. The quantitative estimate of drug-likeness (QED) is 0.177. The van der Waals surface area contributed by atoms with E-state index in [0.29, 0.717) is 17.5 Å². The highest BCUT2D eigenvalue weighted by atomic mass is 32.1. The molecule has 4 heterocycles. The van der Waals surface area contributed by atoms with Crippen molar-refractivity contribution in [1.29, 1.82) is 0 Å². The van der Waals surface area contributed by atoms with Crippen LogP contribution in [-0.2, 0) is 0 Å². The SMILES string of the molecule is c1ccc2cc(-c3nc(-c4ccc5sc6ccccc6c5c4)nc(-c4ccc(-n5c6ccccc6c6cc7ccccc7cc65)c5c4oc4c6ccccc6ccc45)n3)ccc2c1. The normalized spacial score (nSPS) is 12.1. The van der Waals surface area contributed by atoms with Crippen LogP contribution in [0.5, 0.6) is 0 Å². The summed E-state index contributed by atoms with van der Waals surface area (Å²) in [6, 6.07) is 69.2. The van der Waals surface area contributed by atoms with Gasteiger partial charge in [0.2, 0.25) is 0 Å². The largest absolute Gasteiger partial charge is 0.455 e. The Labute approximate surface area is 363 Å². The van der Waals surface area contributed by atoms with E-state index in [-0.39, 0.29) is 0 Å². The number of rotatable bonds is 4. The Balaban J connectivity index is 1.08. The molecule has 14 aromatic rings. The minimum absolute atomic E-state index is 0.548. The Morgan fingerprint density at radius 2 is 0.984 bits per heavy atom. The lowest BCUT2D eigenvalue weighted by Crippen LogP contribution is -2.01. The second-order valence-electron chi connectivity index (χ2n) is 16.3. The van der Waals surface area contributed by atoms with E-state index in [1.165, 1.54) is 41.7 Å². The molecule has 0 unspecified atom stereocenters. The van der Waals surface area contributed by atoms with Crippen molar-refractivity contribution < 1.29 is 4.42 Å². The third-order valence-corrected chi connectivity index (χ3v) is 13.9. The van der Waals surface area contributed by atoms with Gasteiger partial charge in [-0.05, 0) is 93.7 Å². The lowest BCUT2D eigenvalue weighted by Gasteiger charge is -2.13. The molecule has 0 aliphatic rings. The number of hydrogen-bond donors (Lipinski definition) is 0. The smallest absolute Gasteiger partial charge is 0.167 e. The first-order valence-electron chi connectivity index (χ1n) is 21.2. The van der Waals surface area contributed by atoms with Crippen molar-refractivity contribution in [1.82, 2.24) is 19.5 Å². The number of furan rings is 1. The minimum atomic E-state index is 0.548. The van der Waals surface area contributed by atoms with Crippen molar-refractivity contribution in [3.8, 4) is 39.9 Å². The number of thiophene rings is 1. The number of benzene rings is 10. The molecule has 0 saturated carbocycles. The second-order valence-corrected chi connectivity index (χ2v) is 17.4. The van der Waals surface area contributed by atoms with E-state index in [1.54, 1.807) is 11.3 Å². The maximum Gasteiger partial charge on any atom is 0.167 e. The highest BCUT2D eigenvalue weighted by Gasteiger charge is 2.24. The first-order chi connectivity index (χ1) is 31.2. The van der Waals surface area contributed by atoms with Crippen LogP contribution in [-0.4, -0.2) is 19.5 Å². The number of aromatic nitrogens is 4. The summed E-state index contributed by atoms with van der Waals surface area (Å²) in [7, 11) is 0. The Hall–Kier alpha value is -8.19. The van der Waals surface area contributed by atoms with E-state index >= 15 is 0 Å². The summed E-state index contributed by atoms with van der Waals surface area (Å²) in [5.74, 6) is 1.75. The molecule has 0 atom stereocenters. The molecule has 5 nitrogen and oxygen atoms in total. The molecule has 0 aliphatic heterocycles. The van der Waals surface area contributed by atoms with Crippen molar-refractivity contribution in [3.63, 3.8) is 0 Å². The van der Waals surface area contributed by atoms with E-state index in [9.17, 15) is 0 Å². The zero-order valence-corrected chi connectivity index (χ0v) is 34.4. The molecule has 0 amide bonds. The van der Waals surface area contributed by atoms with Gasteiger partial charge in [-0.15, -0.1) is 11.3 Å². The first kappa shape index (κ1) is 34.5. The molecular formula is C57H32N4OS. The predicted octanol–water partition coefficient (Wildman–Crippen LogP) is 15.7. The lowest BCUT2D eigenvalue weighted by molar-refractivity contribution is 0.673. The van der Waals surface area contributed by atoms with E-state index in [4.69, 9.17) is 19.4 Å². The van der Waals surface area contributed by atoms with Crippen LogP contribution in [0.15, 0.2) is 199 Å². The Kier molecular flexibility index (Phi) is 7.21. The third-order valence-electron chi connectivity index (χ3n) is 12.8. The fourth-order valence-electron chi connectivity index (χ4n) is 9.82. The van der Waals surface area contributed by atoms with Crippen molar-refractivity contribution in [2.45, 2.75) is 0 Å². The number of para-hydroxylation sites is 1. The monoisotopic (exact) mass is 820 g/mol. The molecule has 292 valence electrons. The summed E-state index contributed by atoms with van der Waals surface area (Å²) in [5, 5.41) is 13.7. The van der Waals surface area contributed by atoms with E-state index < -0.39 is 0 Å². The Bertz CT molecular complexity index is 4230. The van der Waals surface area contributed by atoms with Crippen LogP contribution in [0, 0.1) is 0 Å². The maximum atomic E-state index is 7.22. The van der Waals surface area contributed by atoms with Gasteiger partial charge in [-0.25, -0.2) is 15.0 Å². The predicted molar refractivity (Wildman–Crippen MR) is 263 cm³/mol. The number of hydrogen-bond acceptors (Lipinski definition) is 5. The topological polar surface area (TPSA) is 56.7 Å². The molecule has 4 aromatic heterocycles. The molecule has 63 heavy (non-hydrogen) atoms. The molecule has 0 saturated heterocycles. The number of nitrogens with zero attached hydrogens (tertiary/aromatic N) is 4. The van der Waals surface area contributed by atoms with Crippen LogP contribution >= 0.6 is 11.3 Å². The molecule has 0 radical (unpaired) electrons. The van der Waals surface area contributed by atoms with Gasteiger partial charge < -0.3 is 8.98 Å². The molecule has 0 bridgehead atoms. The summed E-state index contributed by atoms with van der Waals surface area (Å²) in [4.78, 5) is 15.9. The molecular weight excluding hydrogens is 789 g/mol. The van der Waals surface area contributed by atoms with Crippen LogP contribution in [0.25, 0.3) is 136 Å². The summed E-state index contributed by atoms with van der Waals surface area (Å²) >= 11 is 1.80. The molecule has 0 fully saturated rings. The fraction of sp³-hybridized carbons (Fsp3) is 0. The summed E-state index contributed by atoms with van der Waals surface area (Å²) < 4.78 is 12.1. The van der Waals surface area contributed by atoms with Crippen LogP contribution in [0.2, 0.25) is 0 Å². The van der Waals surface area contributed by atoms with Crippen molar-refractivity contribution in [3.05, 3.63) is 194 Å². The van der Waals surface area contributed by atoms with Gasteiger partial charge in [0.15, 0.2) is 17.5 Å². The third kappa shape index (κ3) is 5.19. The molecule has 6 heteroatoms. The van der Waals surface area contributed by atoms with Gasteiger partial charge in [-0.2, -0.15) is 0 Å². The lowest BCUT2D eigenvalue weighted by atomic mass is 10.0. The van der Waals surface area contributed by atoms with Gasteiger partial charge in [-0.1, -0.05) is 127 Å². The van der Waals surface area contributed by atoms with Gasteiger partial charge >= 0.3 is 0 Å². The van der Waals surface area contributed by atoms with E-state index in [2.05, 4.69) is 199 Å². The van der Waals surface area contributed by atoms with Gasteiger partial charge in [-0.3, -0.25) is 0 Å². The minimum Gasteiger partial charge on any atom is -0.455 e. The standard InChI is InChI=1S/C57H32N4OS/c1-2-13-35-29-38(22-21-33(35)11-1)55-58-56(39-24-28-51-46(31-39)42-18-8-10-20-50(42)63-51)60-57(59-55)44-26-27-48(52-43-25-23-34-12-5-6-16-40(34)53(43)62-54(44)52)61-47-19-9-7-17-41(47)45-30-36-14-3-4-15-37(36)32-49(45)61/h1-32H. The van der Waals surface area contributed by atoms with Crippen molar-refractivity contribution in [2.75, 3.05) is 0 Å². The highest BCUT2D eigenvalue weighted by molar-refractivity contribution is 7.25.